The molecular weight excluding hydrogens is 304 g/mol. The first-order chi connectivity index (χ1) is 11.7. The Morgan fingerprint density at radius 2 is 1.71 bits per heavy atom. The molecule has 0 radical (unpaired) electrons. The standard InChI is InChI=1S/C18H18N4O2/c23-16(14-7-3-1-4-8-14)13-19-18(24)20-17-11-12-22(21-17)15-9-5-2-6-10-15/h1-12,16,23H,13H2,(H2,19,20,21,24)/t16-/m0/s1. The molecule has 0 aliphatic carbocycles. The Morgan fingerprint density at radius 3 is 2.42 bits per heavy atom. The van der Waals surface area contributed by atoms with Crippen LogP contribution in [0.15, 0.2) is 72.9 Å². The van der Waals surface area contributed by atoms with Crippen LogP contribution in [0.25, 0.3) is 5.69 Å². The molecule has 0 bridgehead atoms. The van der Waals surface area contributed by atoms with E-state index in [1.54, 1.807) is 16.9 Å². The number of rotatable bonds is 5. The van der Waals surface area contributed by atoms with Crippen LogP contribution in [0.5, 0.6) is 0 Å². The molecule has 3 N–H and O–H groups in total. The summed E-state index contributed by atoms with van der Waals surface area (Å²) >= 11 is 0. The van der Waals surface area contributed by atoms with Gasteiger partial charge in [0.25, 0.3) is 0 Å². The van der Waals surface area contributed by atoms with Gasteiger partial charge in [0.2, 0.25) is 0 Å². The van der Waals surface area contributed by atoms with Crippen molar-refractivity contribution < 1.29 is 9.90 Å². The molecule has 0 aliphatic heterocycles. The lowest BCUT2D eigenvalue weighted by Gasteiger charge is -2.12. The van der Waals surface area contributed by atoms with Crippen molar-refractivity contribution in [3.05, 3.63) is 78.5 Å². The van der Waals surface area contributed by atoms with Crippen molar-refractivity contribution in [2.45, 2.75) is 6.10 Å². The van der Waals surface area contributed by atoms with Gasteiger partial charge in [0.1, 0.15) is 0 Å². The number of aromatic nitrogens is 2. The Balaban J connectivity index is 1.53. The van der Waals surface area contributed by atoms with Gasteiger partial charge in [-0.1, -0.05) is 48.5 Å². The maximum absolute atomic E-state index is 11.9. The molecule has 2 amide bonds. The van der Waals surface area contributed by atoms with Gasteiger partial charge in [0, 0.05) is 18.8 Å². The first kappa shape index (κ1) is 15.8. The van der Waals surface area contributed by atoms with Gasteiger partial charge < -0.3 is 10.4 Å². The van der Waals surface area contributed by atoms with Crippen LogP contribution in [-0.2, 0) is 0 Å². The first-order valence-corrected chi connectivity index (χ1v) is 7.61. The fourth-order valence-electron chi connectivity index (χ4n) is 2.26. The van der Waals surface area contributed by atoms with Crippen molar-refractivity contribution in [1.29, 1.82) is 0 Å². The molecule has 0 aliphatic rings. The van der Waals surface area contributed by atoms with Gasteiger partial charge in [-0.25, -0.2) is 9.48 Å². The van der Waals surface area contributed by atoms with E-state index in [0.717, 1.165) is 11.3 Å². The number of aliphatic hydroxyl groups is 1. The van der Waals surface area contributed by atoms with E-state index in [2.05, 4.69) is 15.7 Å². The molecular formula is C18H18N4O2. The normalized spacial score (nSPS) is 11.7. The summed E-state index contributed by atoms with van der Waals surface area (Å²) in [6, 6.07) is 20.1. The van der Waals surface area contributed by atoms with Crippen molar-refractivity contribution in [3.8, 4) is 5.69 Å². The third kappa shape index (κ3) is 3.99. The predicted octanol–water partition coefficient (Wildman–Crippen LogP) is 2.73. The van der Waals surface area contributed by atoms with Gasteiger partial charge in [0.05, 0.1) is 11.8 Å². The van der Waals surface area contributed by atoms with Crippen LogP contribution in [0.3, 0.4) is 0 Å². The molecule has 6 heteroatoms. The Morgan fingerprint density at radius 1 is 1.04 bits per heavy atom. The quantitative estimate of drug-likeness (QED) is 0.676. The molecule has 0 fully saturated rings. The summed E-state index contributed by atoms with van der Waals surface area (Å²) in [7, 11) is 0. The maximum Gasteiger partial charge on any atom is 0.320 e. The zero-order valence-electron chi connectivity index (χ0n) is 13.0. The highest BCUT2D eigenvalue weighted by molar-refractivity contribution is 5.88. The maximum atomic E-state index is 11.9. The minimum atomic E-state index is -0.751. The second kappa shape index (κ2) is 7.43. The number of nitrogens with one attached hydrogen (secondary N) is 2. The van der Waals surface area contributed by atoms with Crippen molar-refractivity contribution in [2.24, 2.45) is 0 Å². The molecule has 0 saturated carbocycles. The molecule has 24 heavy (non-hydrogen) atoms. The van der Waals surface area contributed by atoms with E-state index >= 15 is 0 Å². The van der Waals surface area contributed by atoms with Crippen LogP contribution in [0, 0.1) is 0 Å². The van der Waals surface area contributed by atoms with E-state index in [9.17, 15) is 9.90 Å². The van der Waals surface area contributed by atoms with E-state index in [1.807, 2.05) is 60.7 Å². The Kier molecular flexibility index (Phi) is 4.88. The molecule has 1 heterocycles. The second-order valence-electron chi connectivity index (χ2n) is 5.24. The molecule has 122 valence electrons. The lowest BCUT2D eigenvalue weighted by atomic mass is 10.1. The molecule has 1 atom stereocenters. The summed E-state index contributed by atoms with van der Waals surface area (Å²) in [5.74, 6) is 0.436. The van der Waals surface area contributed by atoms with Gasteiger partial charge in [0.15, 0.2) is 5.82 Å². The Labute approximate surface area is 139 Å². The smallest absolute Gasteiger partial charge is 0.320 e. The topological polar surface area (TPSA) is 79.2 Å². The Hall–Kier alpha value is -3.12. The summed E-state index contributed by atoms with van der Waals surface area (Å²) in [5, 5.41) is 19.6. The molecule has 0 spiro atoms. The summed E-state index contributed by atoms with van der Waals surface area (Å²) < 4.78 is 1.68. The summed E-state index contributed by atoms with van der Waals surface area (Å²) in [4.78, 5) is 11.9. The number of nitrogens with zero attached hydrogens (tertiary/aromatic N) is 2. The second-order valence-corrected chi connectivity index (χ2v) is 5.24. The van der Waals surface area contributed by atoms with E-state index < -0.39 is 12.1 Å². The Bertz CT molecular complexity index is 787. The highest BCUT2D eigenvalue weighted by Crippen LogP contribution is 2.11. The summed E-state index contributed by atoms with van der Waals surface area (Å²) in [6.45, 7) is 0.120. The van der Waals surface area contributed by atoms with E-state index in [1.165, 1.54) is 0 Å². The molecule has 3 aromatic rings. The fourth-order valence-corrected chi connectivity index (χ4v) is 2.26. The number of para-hydroxylation sites is 1. The van der Waals surface area contributed by atoms with Crippen LogP contribution < -0.4 is 10.6 Å². The molecule has 3 rings (SSSR count). The van der Waals surface area contributed by atoms with Gasteiger partial charge >= 0.3 is 6.03 Å². The van der Waals surface area contributed by atoms with Crippen molar-refractivity contribution in [2.75, 3.05) is 11.9 Å². The van der Waals surface area contributed by atoms with Crippen LogP contribution in [0.2, 0.25) is 0 Å². The van der Waals surface area contributed by atoms with E-state index in [0.29, 0.717) is 5.82 Å². The minimum absolute atomic E-state index is 0.120. The van der Waals surface area contributed by atoms with Crippen LogP contribution in [0.1, 0.15) is 11.7 Å². The zero-order chi connectivity index (χ0) is 16.8. The number of aliphatic hydroxyl groups excluding tert-OH is 1. The van der Waals surface area contributed by atoms with Crippen molar-refractivity contribution in [1.82, 2.24) is 15.1 Å². The zero-order valence-corrected chi connectivity index (χ0v) is 13.0. The number of carbonyl (C=O) groups is 1. The lowest BCUT2D eigenvalue weighted by molar-refractivity contribution is 0.175. The summed E-state index contributed by atoms with van der Waals surface area (Å²) in [6.07, 6.45) is 1.02. The third-order valence-corrected chi connectivity index (χ3v) is 3.49. The number of urea groups is 1. The lowest BCUT2D eigenvalue weighted by Crippen LogP contribution is -2.32. The van der Waals surface area contributed by atoms with Crippen LogP contribution >= 0.6 is 0 Å². The van der Waals surface area contributed by atoms with Crippen molar-refractivity contribution in [3.63, 3.8) is 0 Å². The summed E-state index contributed by atoms with van der Waals surface area (Å²) in [5.41, 5.74) is 1.66. The highest BCUT2D eigenvalue weighted by Gasteiger charge is 2.10. The number of hydrogen-bond acceptors (Lipinski definition) is 3. The predicted molar refractivity (Wildman–Crippen MR) is 92.0 cm³/mol. The van der Waals surface area contributed by atoms with E-state index in [-0.39, 0.29) is 6.54 Å². The van der Waals surface area contributed by atoms with Gasteiger partial charge in [-0.2, -0.15) is 0 Å². The monoisotopic (exact) mass is 322 g/mol. The SMILES string of the molecule is O=C(NC[C@H](O)c1ccccc1)Nc1ccn(-c2ccccc2)n1. The van der Waals surface area contributed by atoms with Gasteiger partial charge in [-0.3, -0.25) is 5.32 Å². The van der Waals surface area contributed by atoms with E-state index in [4.69, 9.17) is 0 Å². The molecule has 1 aromatic heterocycles. The minimum Gasteiger partial charge on any atom is -0.387 e. The van der Waals surface area contributed by atoms with Gasteiger partial charge in [-0.15, -0.1) is 5.10 Å². The van der Waals surface area contributed by atoms with Crippen molar-refractivity contribution >= 4 is 11.8 Å². The average Bonchev–Trinajstić information content (AvgIpc) is 3.09. The number of amides is 2. The molecule has 6 nitrogen and oxygen atoms in total. The number of carbonyl (C=O) groups excluding carboxylic acids is 1. The number of benzene rings is 2. The van der Waals surface area contributed by atoms with Crippen LogP contribution in [-0.4, -0.2) is 27.5 Å². The highest BCUT2D eigenvalue weighted by atomic mass is 16.3. The number of hydrogen-bond donors (Lipinski definition) is 3. The number of anilines is 1. The first-order valence-electron chi connectivity index (χ1n) is 7.61. The fraction of sp³-hybridized carbons (Fsp3) is 0.111. The average molecular weight is 322 g/mol. The molecule has 0 saturated heterocycles. The van der Waals surface area contributed by atoms with Crippen LogP contribution in [0.4, 0.5) is 10.6 Å². The molecule has 2 aromatic carbocycles. The largest absolute Gasteiger partial charge is 0.387 e. The molecule has 0 unspecified atom stereocenters. The van der Waals surface area contributed by atoms with Gasteiger partial charge in [-0.05, 0) is 17.7 Å². The third-order valence-electron chi connectivity index (χ3n) is 3.49.